The van der Waals surface area contributed by atoms with Gasteiger partial charge >= 0.3 is 5.69 Å². The zero-order valence-electron chi connectivity index (χ0n) is 20.5. The number of carbonyl (C=O) groups is 1. The maximum Gasteiger partial charge on any atom is 0.311 e. The molecule has 0 radical (unpaired) electrons. The van der Waals surface area contributed by atoms with Crippen LogP contribution in [0, 0.1) is 21.4 Å². The van der Waals surface area contributed by atoms with Gasteiger partial charge in [0, 0.05) is 36.7 Å². The van der Waals surface area contributed by atoms with Crippen molar-refractivity contribution in [3.63, 3.8) is 0 Å². The predicted octanol–water partition coefficient (Wildman–Crippen LogP) is 4.47. The summed E-state index contributed by atoms with van der Waals surface area (Å²) in [6.07, 6.45) is 5.57. The van der Waals surface area contributed by atoms with Crippen LogP contribution in [0.4, 0.5) is 22.9 Å². The van der Waals surface area contributed by atoms with Gasteiger partial charge in [-0.3, -0.25) is 19.8 Å². The highest BCUT2D eigenvalue weighted by atomic mass is 32.2. The number of hydrogen-bond donors (Lipinski definition) is 0. The molecule has 5 rings (SSSR count). The first-order valence-electron chi connectivity index (χ1n) is 12.0. The Bertz CT molecular complexity index is 1640. The van der Waals surface area contributed by atoms with Crippen molar-refractivity contribution in [1.29, 1.82) is 5.26 Å². The third-order valence-corrected chi connectivity index (χ3v) is 7.76. The lowest BCUT2D eigenvalue weighted by atomic mass is 10.0. The number of nitriles is 1. The number of fused-ring (bicyclic) bond motifs is 1. The summed E-state index contributed by atoms with van der Waals surface area (Å²) >= 11 is 0. The molecular weight excluding hydrogens is 506 g/mol. The van der Waals surface area contributed by atoms with Crippen molar-refractivity contribution in [2.75, 3.05) is 29.1 Å². The van der Waals surface area contributed by atoms with E-state index in [1.165, 1.54) is 29.2 Å². The Hall–Kier alpha value is -4.56. The van der Waals surface area contributed by atoms with Gasteiger partial charge in [-0.05, 0) is 73.9 Å². The number of benzene rings is 2. The number of sulfone groups is 1. The Labute approximate surface area is 219 Å². The van der Waals surface area contributed by atoms with E-state index in [1.807, 2.05) is 4.90 Å². The fourth-order valence-electron chi connectivity index (χ4n) is 4.76. The number of piperidine rings is 1. The molecule has 38 heavy (non-hydrogen) atoms. The van der Waals surface area contributed by atoms with Gasteiger partial charge in [0.05, 0.1) is 38.4 Å². The van der Waals surface area contributed by atoms with E-state index >= 15 is 0 Å². The third-order valence-electron chi connectivity index (χ3n) is 6.63. The van der Waals surface area contributed by atoms with Crippen LogP contribution < -0.4 is 9.80 Å². The molecule has 0 N–H and O–H groups in total. The van der Waals surface area contributed by atoms with E-state index in [4.69, 9.17) is 0 Å². The average Bonchev–Trinajstić information content (AvgIpc) is 3.18. The van der Waals surface area contributed by atoms with Crippen molar-refractivity contribution in [1.82, 2.24) is 4.98 Å². The first-order chi connectivity index (χ1) is 18.2. The molecule has 1 saturated heterocycles. The largest absolute Gasteiger partial charge is 0.351 e. The number of nitro groups is 1. The fraction of sp³-hybridized carbons (Fsp3) is 0.222. The number of amides is 1. The second-order valence-corrected chi connectivity index (χ2v) is 11.2. The van der Waals surface area contributed by atoms with E-state index in [0.29, 0.717) is 41.3 Å². The lowest BCUT2D eigenvalue weighted by molar-refractivity contribution is -0.384. The van der Waals surface area contributed by atoms with Gasteiger partial charge in [-0.1, -0.05) is 0 Å². The minimum Gasteiger partial charge on any atom is -0.351 e. The van der Waals surface area contributed by atoms with Crippen LogP contribution >= 0.6 is 0 Å². The summed E-state index contributed by atoms with van der Waals surface area (Å²) in [4.78, 5) is 33.0. The molecule has 0 aliphatic carbocycles. The standard InChI is InChI=1S/C27H23N5O5S/c1-38(36,37)21-9-7-20(8-10-21)31-24-11-5-18(17-28)15-22(24)23(27(31)33)16-19-6-12-25(32(34)35)26(29-19)30-13-3-2-4-14-30/h5-12,15-16H,2-4,13-14H2,1H3/b23-16-. The van der Waals surface area contributed by atoms with E-state index in [0.717, 1.165) is 25.5 Å². The molecule has 1 amide bonds. The smallest absolute Gasteiger partial charge is 0.311 e. The van der Waals surface area contributed by atoms with E-state index in [1.54, 1.807) is 36.4 Å². The Kier molecular flexibility index (Phi) is 6.42. The summed E-state index contributed by atoms with van der Waals surface area (Å²) in [6, 6.07) is 15.8. The highest BCUT2D eigenvalue weighted by molar-refractivity contribution is 7.90. The summed E-state index contributed by atoms with van der Waals surface area (Å²) in [5, 5.41) is 21.1. The van der Waals surface area contributed by atoms with Gasteiger partial charge in [0.25, 0.3) is 5.91 Å². The van der Waals surface area contributed by atoms with Crippen molar-refractivity contribution in [2.45, 2.75) is 24.2 Å². The minimum absolute atomic E-state index is 0.0911. The third kappa shape index (κ3) is 4.62. The molecular formula is C27H23N5O5S. The molecule has 0 unspecified atom stereocenters. The topological polar surface area (TPSA) is 138 Å². The van der Waals surface area contributed by atoms with E-state index in [9.17, 15) is 28.6 Å². The Morgan fingerprint density at radius 3 is 2.39 bits per heavy atom. The maximum atomic E-state index is 13.7. The van der Waals surface area contributed by atoms with Crippen LogP contribution in [0.25, 0.3) is 11.6 Å². The van der Waals surface area contributed by atoms with Gasteiger partial charge in [-0.15, -0.1) is 0 Å². The summed E-state index contributed by atoms with van der Waals surface area (Å²) in [7, 11) is -3.41. The van der Waals surface area contributed by atoms with Crippen molar-refractivity contribution in [3.05, 3.63) is 81.5 Å². The molecule has 192 valence electrons. The van der Waals surface area contributed by atoms with Crippen molar-refractivity contribution in [3.8, 4) is 6.07 Å². The quantitative estimate of drug-likeness (QED) is 0.268. The Balaban J connectivity index is 1.61. The number of carbonyl (C=O) groups excluding carboxylic acids is 1. The fourth-order valence-corrected chi connectivity index (χ4v) is 5.39. The van der Waals surface area contributed by atoms with E-state index in [2.05, 4.69) is 11.1 Å². The molecule has 2 aliphatic rings. The minimum atomic E-state index is -3.41. The lowest BCUT2D eigenvalue weighted by Gasteiger charge is -2.27. The molecule has 3 aromatic rings. The number of pyridine rings is 1. The molecule has 2 aromatic carbocycles. The Morgan fingerprint density at radius 1 is 1.05 bits per heavy atom. The highest BCUT2D eigenvalue weighted by Crippen LogP contribution is 2.43. The second-order valence-electron chi connectivity index (χ2n) is 9.19. The van der Waals surface area contributed by atoms with Crippen molar-refractivity contribution < 1.29 is 18.1 Å². The molecule has 1 fully saturated rings. The summed E-state index contributed by atoms with van der Waals surface area (Å²) in [5.41, 5.74) is 2.43. The highest BCUT2D eigenvalue weighted by Gasteiger charge is 2.34. The van der Waals surface area contributed by atoms with E-state index in [-0.39, 0.29) is 27.9 Å². The van der Waals surface area contributed by atoms with Crippen LogP contribution in [0.15, 0.2) is 59.5 Å². The van der Waals surface area contributed by atoms with Crippen LogP contribution in [0.1, 0.15) is 36.1 Å². The number of aromatic nitrogens is 1. The molecule has 11 heteroatoms. The SMILES string of the molecule is CS(=O)(=O)c1ccc(N2C(=O)/C(=C\c3ccc([N+](=O)[O-])c(N4CCCCC4)n3)c3cc(C#N)ccc32)cc1. The molecule has 0 atom stereocenters. The molecule has 10 nitrogen and oxygen atoms in total. The van der Waals surface area contributed by atoms with Gasteiger partial charge in [-0.2, -0.15) is 5.26 Å². The number of nitrogens with zero attached hydrogens (tertiary/aromatic N) is 5. The summed E-state index contributed by atoms with van der Waals surface area (Å²) < 4.78 is 23.8. The predicted molar refractivity (Wildman–Crippen MR) is 143 cm³/mol. The number of rotatable bonds is 5. The number of hydrogen-bond acceptors (Lipinski definition) is 8. The van der Waals surface area contributed by atoms with Crippen LogP contribution in [0.3, 0.4) is 0 Å². The van der Waals surface area contributed by atoms with Gasteiger partial charge in [0.15, 0.2) is 9.84 Å². The van der Waals surface area contributed by atoms with Crippen molar-refractivity contribution >= 4 is 50.3 Å². The average molecular weight is 530 g/mol. The summed E-state index contributed by atoms with van der Waals surface area (Å²) in [5.74, 6) is -0.115. The van der Waals surface area contributed by atoms with Gasteiger partial charge in [0.1, 0.15) is 0 Å². The van der Waals surface area contributed by atoms with Gasteiger partial charge in [-0.25, -0.2) is 13.4 Å². The normalized spacial score (nSPS) is 16.4. The number of anilines is 3. The molecule has 0 bridgehead atoms. The van der Waals surface area contributed by atoms with Crippen molar-refractivity contribution in [2.24, 2.45) is 0 Å². The first kappa shape index (κ1) is 25.1. The van der Waals surface area contributed by atoms with Crippen LogP contribution in [0.2, 0.25) is 0 Å². The van der Waals surface area contributed by atoms with E-state index < -0.39 is 14.8 Å². The second kappa shape index (κ2) is 9.72. The molecule has 1 aromatic heterocycles. The Morgan fingerprint density at radius 2 is 1.76 bits per heavy atom. The zero-order chi connectivity index (χ0) is 27.0. The lowest BCUT2D eigenvalue weighted by Crippen LogP contribution is -2.30. The van der Waals surface area contributed by atoms with Crippen LogP contribution in [0.5, 0.6) is 0 Å². The van der Waals surface area contributed by atoms with Crippen LogP contribution in [-0.2, 0) is 14.6 Å². The maximum absolute atomic E-state index is 13.7. The first-order valence-corrected chi connectivity index (χ1v) is 13.9. The molecule has 0 saturated carbocycles. The summed E-state index contributed by atoms with van der Waals surface area (Å²) in [6.45, 7) is 1.33. The van der Waals surface area contributed by atoms with Gasteiger partial charge < -0.3 is 4.90 Å². The molecule has 0 spiro atoms. The molecule has 2 aliphatic heterocycles. The molecule has 3 heterocycles. The van der Waals surface area contributed by atoms with Crippen LogP contribution in [-0.4, -0.2) is 43.6 Å². The zero-order valence-corrected chi connectivity index (χ0v) is 21.3. The van der Waals surface area contributed by atoms with Gasteiger partial charge in [0.2, 0.25) is 5.82 Å². The monoisotopic (exact) mass is 529 g/mol.